The van der Waals surface area contributed by atoms with Crippen LogP contribution in [-0.4, -0.2) is 32.0 Å². The maximum absolute atomic E-state index is 12.1. The smallest absolute Gasteiger partial charge is 0.355 e. The van der Waals surface area contributed by atoms with Crippen LogP contribution in [-0.2, 0) is 10.1 Å². The number of nitrogens with one attached hydrogen (secondary N) is 1. The highest BCUT2D eigenvalue weighted by molar-refractivity contribution is 7.87. The van der Waals surface area contributed by atoms with Crippen molar-refractivity contribution in [1.82, 2.24) is 10.3 Å². The van der Waals surface area contributed by atoms with Gasteiger partial charge in [-0.25, -0.2) is 4.98 Å². The molecule has 2 rings (SSSR count). The second-order valence-electron chi connectivity index (χ2n) is 4.46. The van der Waals surface area contributed by atoms with Crippen molar-refractivity contribution in [3.63, 3.8) is 0 Å². The number of piperidine rings is 1. The molecule has 0 bridgehead atoms. The Balaban J connectivity index is 0.00000220. The molecule has 0 aliphatic carbocycles. The molecule has 1 unspecified atom stereocenters. The van der Waals surface area contributed by atoms with Crippen molar-refractivity contribution in [3.05, 3.63) is 23.9 Å². The van der Waals surface area contributed by atoms with Gasteiger partial charge in [-0.2, -0.15) is 21.6 Å². The van der Waals surface area contributed by atoms with Crippen LogP contribution in [0.5, 0.6) is 5.88 Å². The summed E-state index contributed by atoms with van der Waals surface area (Å²) in [4.78, 5) is 3.62. The Labute approximate surface area is 126 Å². The standard InChI is InChI=1S/C11H13F3N2O3S.ClH/c12-11(13,14)20(17,18)19-10-4-3-9(7-16-10)8-2-1-5-15-6-8;/h3-4,7-8,15H,1-2,5-6H2;1H. The van der Waals surface area contributed by atoms with Gasteiger partial charge in [-0.15, -0.1) is 12.4 Å². The van der Waals surface area contributed by atoms with E-state index in [0.29, 0.717) is 0 Å². The second-order valence-corrected chi connectivity index (χ2v) is 5.99. The second kappa shape index (κ2) is 6.80. The number of rotatable bonds is 3. The Morgan fingerprint density at radius 3 is 2.52 bits per heavy atom. The normalized spacial score (nSPS) is 19.7. The predicted octanol–water partition coefficient (Wildman–Crippen LogP) is 2.20. The van der Waals surface area contributed by atoms with E-state index >= 15 is 0 Å². The van der Waals surface area contributed by atoms with Crippen molar-refractivity contribution in [1.29, 1.82) is 0 Å². The fourth-order valence-corrected chi connectivity index (χ4v) is 2.40. The number of nitrogens with zero attached hydrogens (tertiary/aromatic N) is 1. The molecule has 1 aliphatic rings. The van der Waals surface area contributed by atoms with E-state index in [1.165, 1.54) is 12.3 Å². The molecule has 1 saturated heterocycles. The van der Waals surface area contributed by atoms with Crippen LogP contribution in [0.1, 0.15) is 24.3 Å². The average molecular weight is 347 g/mol. The molecule has 1 aliphatic heterocycles. The SMILES string of the molecule is Cl.O=S(=O)(Oc1ccc(C2CCCNC2)cn1)C(F)(F)F. The number of aromatic nitrogens is 1. The Hall–Kier alpha value is -1.06. The molecule has 1 N–H and O–H groups in total. The van der Waals surface area contributed by atoms with Crippen LogP contribution < -0.4 is 9.50 Å². The van der Waals surface area contributed by atoms with Gasteiger partial charge in [0, 0.05) is 18.8 Å². The molecular formula is C11H14ClF3N2O3S. The minimum absolute atomic E-state index is 0. The van der Waals surface area contributed by atoms with Gasteiger partial charge in [0.25, 0.3) is 0 Å². The molecular weight excluding hydrogens is 333 g/mol. The van der Waals surface area contributed by atoms with Crippen LogP contribution in [0.3, 0.4) is 0 Å². The highest BCUT2D eigenvalue weighted by atomic mass is 35.5. The first-order chi connectivity index (χ1) is 9.29. The molecule has 1 fully saturated rings. The van der Waals surface area contributed by atoms with Gasteiger partial charge in [0.2, 0.25) is 5.88 Å². The third-order valence-corrected chi connectivity index (χ3v) is 3.96. The summed E-state index contributed by atoms with van der Waals surface area (Å²) in [5.74, 6) is -0.362. The van der Waals surface area contributed by atoms with Gasteiger partial charge in [-0.05, 0) is 30.9 Å². The zero-order valence-corrected chi connectivity index (χ0v) is 12.4. The molecule has 0 saturated carbocycles. The van der Waals surface area contributed by atoms with Crippen molar-refractivity contribution in [3.8, 4) is 5.88 Å². The van der Waals surface area contributed by atoms with E-state index in [1.54, 1.807) is 0 Å². The van der Waals surface area contributed by atoms with Crippen molar-refractivity contribution >= 4 is 22.5 Å². The quantitative estimate of drug-likeness (QED) is 0.671. The molecule has 5 nitrogen and oxygen atoms in total. The number of alkyl halides is 3. The molecule has 2 heterocycles. The predicted molar refractivity (Wildman–Crippen MR) is 71.9 cm³/mol. The maximum Gasteiger partial charge on any atom is 0.534 e. The lowest BCUT2D eigenvalue weighted by atomic mass is 9.93. The molecule has 0 spiro atoms. The minimum Gasteiger partial charge on any atom is -0.355 e. The average Bonchev–Trinajstić information content (AvgIpc) is 2.39. The van der Waals surface area contributed by atoms with E-state index in [1.807, 2.05) is 0 Å². The van der Waals surface area contributed by atoms with E-state index < -0.39 is 21.5 Å². The monoisotopic (exact) mass is 346 g/mol. The first-order valence-electron chi connectivity index (χ1n) is 5.97. The van der Waals surface area contributed by atoms with E-state index in [-0.39, 0.29) is 18.3 Å². The van der Waals surface area contributed by atoms with Crippen molar-refractivity contribution in [2.45, 2.75) is 24.3 Å². The zero-order chi connectivity index (χ0) is 14.8. The summed E-state index contributed by atoms with van der Waals surface area (Å²) in [5, 5.41) is 3.20. The number of hydrogen-bond acceptors (Lipinski definition) is 5. The highest BCUT2D eigenvalue weighted by Gasteiger charge is 2.48. The minimum atomic E-state index is -5.66. The maximum atomic E-state index is 12.1. The summed E-state index contributed by atoms with van der Waals surface area (Å²) in [6, 6.07) is 2.67. The number of halogens is 4. The van der Waals surface area contributed by atoms with Crippen molar-refractivity contribution in [2.24, 2.45) is 0 Å². The topological polar surface area (TPSA) is 68.3 Å². The summed E-state index contributed by atoms with van der Waals surface area (Å²) >= 11 is 0. The van der Waals surface area contributed by atoms with Gasteiger partial charge >= 0.3 is 15.6 Å². The number of pyridine rings is 1. The summed E-state index contributed by atoms with van der Waals surface area (Å²) in [7, 11) is -5.66. The lowest BCUT2D eigenvalue weighted by Crippen LogP contribution is -2.29. The first kappa shape index (κ1) is 18.0. The van der Waals surface area contributed by atoms with Gasteiger partial charge in [0.1, 0.15) is 0 Å². The van der Waals surface area contributed by atoms with Crippen LogP contribution in [0.4, 0.5) is 13.2 Å². The molecule has 1 aromatic rings. The summed E-state index contributed by atoms with van der Waals surface area (Å²) < 4.78 is 62.0. The fraction of sp³-hybridized carbons (Fsp3) is 0.545. The van der Waals surface area contributed by atoms with Gasteiger partial charge in [0.05, 0.1) is 0 Å². The van der Waals surface area contributed by atoms with E-state index in [2.05, 4.69) is 14.5 Å². The van der Waals surface area contributed by atoms with Gasteiger partial charge in [-0.1, -0.05) is 6.07 Å². The summed E-state index contributed by atoms with van der Waals surface area (Å²) in [5.41, 5.74) is -4.62. The molecule has 120 valence electrons. The van der Waals surface area contributed by atoms with E-state index in [4.69, 9.17) is 0 Å². The van der Waals surface area contributed by atoms with Gasteiger partial charge in [-0.3, -0.25) is 0 Å². The molecule has 1 atom stereocenters. The van der Waals surface area contributed by atoms with Crippen LogP contribution >= 0.6 is 12.4 Å². The van der Waals surface area contributed by atoms with Gasteiger partial charge in [0.15, 0.2) is 0 Å². The Bertz CT molecular complexity index is 557. The highest BCUT2D eigenvalue weighted by Crippen LogP contribution is 2.27. The largest absolute Gasteiger partial charge is 0.534 e. The Morgan fingerprint density at radius 2 is 2.05 bits per heavy atom. The third kappa shape index (κ3) is 4.45. The van der Waals surface area contributed by atoms with E-state index in [9.17, 15) is 21.6 Å². The fourth-order valence-electron chi connectivity index (χ4n) is 1.98. The van der Waals surface area contributed by atoms with Crippen LogP contribution in [0, 0.1) is 0 Å². The molecule has 0 radical (unpaired) electrons. The van der Waals surface area contributed by atoms with Crippen molar-refractivity contribution in [2.75, 3.05) is 13.1 Å². The van der Waals surface area contributed by atoms with Crippen LogP contribution in [0.2, 0.25) is 0 Å². The van der Waals surface area contributed by atoms with Crippen LogP contribution in [0.15, 0.2) is 18.3 Å². The van der Waals surface area contributed by atoms with Gasteiger partial charge < -0.3 is 9.50 Å². The Morgan fingerprint density at radius 1 is 1.33 bits per heavy atom. The summed E-state index contributed by atoms with van der Waals surface area (Å²) in [6.45, 7) is 1.71. The summed E-state index contributed by atoms with van der Waals surface area (Å²) in [6.07, 6.45) is 3.31. The van der Waals surface area contributed by atoms with Crippen LogP contribution in [0.25, 0.3) is 0 Å². The molecule has 21 heavy (non-hydrogen) atoms. The first-order valence-corrected chi connectivity index (χ1v) is 7.38. The zero-order valence-electron chi connectivity index (χ0n) is 10.8. The lowest BCUT2D eigenvalue weighted by Gasteiger charge is -2.22. The Kier molecular flexibility index (Phi) is 5.83. The molecule has 0 amide bonds. The number of hydrogen-bond donors (Lipinski definition) is 1. The molecule has 10 heteroatoms. The van der Waals surface area contributed by atoms with Crippen molar-refractivity contribution < 1.29 is 25.8 Å². The molecule has 0 aromatic carbocycles. The molecule has 1 aromatic heterocycles. The van der Waals surface area contributed by atoms with E-state index in [0.717, 1.165) is 37.6 Å². The lowest BCUT2D eigenvalue weighted by molar-refractivity contribution is -0.0501. The third-order valence-electron chi connectivity index (χ3n) is 3.01.